The highest BCUT2D eigenvalue weighted by molar-refractivity contribution is 7.15. The van der Waals surface area contributed by atoms with Gasteiger partial charge in [-0.25, -0.2) is 4.79 Å². The zero-order valence-corrected chi connectivity index (χ0v) is 12.9. The fourth-order valence-corrected chi connectivity index (χ4v) is 3.44. The van der Waals surface area contributed by atoms with Crippen molar-refractivity contribution in [2.45, 2.75) is 32.6 Å². The van der Waals surface area contributed by atoms with Gasteiger partial charge in [-0.05, 0) is 37.3 Å². The number of aromatic carboxylic acids is 1. The van der Waals surface area contributed by atoms with Crippen LogP contribution in [0, 0.1) is 11.3 Å². The summed E-state index contributed by atoms with van der Waals surface area (Å²) in [7, 11) is 0. The molecule has 2 heterocycles. The predicted molar refractivity (Wildman–Crippen MR) is 82.5 cm³/mol. The molecule has 2 N–H and O–H groups in total. The molecule has 1 amide bonds. The highest BCUT2D eigenvalue weighted by Crippen LogP contribution is 2.24. The first-order chi connectivity index (χ1) is 10.0. The average Bonchev–Trinajstić information content (AvgIpc) is 2.97. The molecule has 1 aliphatic heterocycles. The van der Waals surface area contributed by atoms with Crippen LogP contribution in [-0.2, 0) is 0 Å². The third-order valence-corrected chi connectivity index (χ3v) is 4.88. The Balaban J connectivity index is 1.93. The zero-order chi connectivity index (χ0) is 15.4. The Morgan fingerprint density at radius 3 is 2.48 bits per heavy atom. The number of carbonyl (C=O) groups excluding carboxylic acids is 1. The highest BCUT2D eigenvalue weighted by atomic mass is 32.1. The molecule has 1 aromatic rings. The number of nitrogens with zero attached hydrogens (tertiary/aromatic N) is 1. The first-order valence-corrected chi connectivity index (χ1v) is 8.04. The van der Waals surface area contributed by atoms with Crippen molar-refractivity contribution in [3.05, 3.63) is 21.9 Å². The molecule has 1 fully saturated rings. The topological polar surface area (TPSA) is 81.5 Å². The second-order valence-corrected chi connectivity index (χ2v) is 6.39. The van der Waals surface area contributed by atoms with Crippen LogP contribution in [0.3, 0.4) is 0 Å². The molecule has 0 aliphatic carbocycles. The van der Waals surface area contributed by atoms with Gasteiger partial charge in [0.05, 0.1) is 4.88 Å². The van der Waals surface area contributed by atoms with E-state index >= 15 is 0 Å². The van der Waals surface area contributed by atoms with Crippen molar-refractivity contribution in [2.75, 3.05) is 13.1 Å². The summed E-state index contributed by atoms with van der Waals surface area (Å²) in [6.45, 7) is 3.37. The van der Waals surface area contributed by atoms with E-state index in [-0.39, 0.29) is 10.8 Å². The van der Waals surface area contributed by atoms with Crippen LogP contribution in [0.2, 0.25) is 0 Å². The third kappa shape index (κ3) is 3.69. The minimum atomic E-state index is -0.995. The Hall–Kier alpha value is -1.69. The molecule has 0 atom stereocenters. The predicted octanol–water partition coefficient (Wildman–Crippen LogP) is 3.12. The minimum Gasteiger partial charge on any atom is -0.477 e. The van der Waals surface area contributed by atoms with Crippen LogP contribution < -0.4 is 0 Å². The molecule has 0 unspecified atom stereocenters. The van der Waals surface area contributed by atoms with Crippen molar-refractivity contribution in [1.29, 1.82) is 5.41 Å². The van der Waals surface area contributed by atoms with Crippen molar-refractivity contribution < 1.29 is 14.7 Å². The average molecular weight is 308 g/mol. The Labute approximate surface area is 128 Å². The second kappa shape index (κ2) is 6.85. The van der Waals surface area contributed by atoms with E-state index in [0.717, 1.165) is 42.7 Å². The number of thiophene rings is 1. The SMILES string of the molecule is CCCC(=N)C1CCN(C(=O)c2ccc(C(=O)O)s2)CC1. The van der Waals surface area contributed by atoms with Gasteiger partial charge in [0.1, 0.15) is 4.88 Å². The van der Waals surface area contributed by atoms with E-state index in [4.69, 9.17) is 10.5 Å². The molecule has 114 valence electrons. The van der Waals surface area contributed by atoms with Gasteiger partial charge in [-0.15, -0.1) is 11.3 Å². The highest BCUT2D eigenvalue weighted by Gasteiger charge is 2.26. The lowest BCUT2D eigenvalue weighted by atomic mass is 9.90. The molecule has 2 rings (SSSR count). The number of piperidine rings is 1. The number of carboxylic acid groups (broad SMARTS) is 1. The molecule has 1 aliphatic rings. The van der Waals surface area contributed by atoms with Crippen molar-refractivity contribution in [3.63, 3.8) is 0 Å². The Kier molecular flexibility index (Phi) is 5.12. The first-order valence-electron chi connectivity index (χ1n) is 7.22. The van der Waals surface area contributed by atoms with E-state index in [9.17, 15) is 9.59 Å². The van der Waals surface area contributed by atoms with Gasteiger partial charge in [0, 0.05) is 18.8 Å². The van der Waals surface area contributed by atoms with Gasteiger partial charge >= 0.3 is 5.97 Å². The summed E-state index contributed by atoms with van der Waals surface area (Å²) < 4.78 is 0. The van der Waals surface area contributed by atoms with Gasteiger partial charge in [0.2, 0.25) is 0 Å². The van der Waals surface area contributed by atoms with Crippen LogP contribution in [0.15, 0.2) is 12.1 Å². The quantitative estimate of drug-likeness (QED) is 0.820. The maximum absolute atomic E-state index is 12.3. The molecule has 0 aromatic carbocycles. The first kappa shape index (κ1) is 15.7. The molecule has 0 saturated carbocycles. The van der Waals surface area contributed by atoms with Gasteiger partial charge in [-0.1, -0.05) is 13.3 Å². The van der Waals surface area contributed by atoms with Crippen molar-refractivity contribution in [1.82, 2.24) is 4.90 Å². The standard InChI is InChI=1S/C15H20N2O3S/c1-2-3-11(16)10-6-8-17(9-7-10)14(18)12-4-5-13(21-12)15(19)20/h4-5,10,16H,2-3,6-9H2,1H3,(H,19,20). The molecule has 6 heteroatoms. The maximum Gasteiger partial charge on any atom is 0.345 e. The number of amides is 1. The third-order valence-electron chi connectivity index (χ3n) is 3.82. The monoisotopic (exact) mass is 308 g/mol. The molecule has 5 nitrogen and oxygen atoms in total. The number of rotatable bonds is 5. The number of likely N-dealkylation sites (tertiary alicyclic amines) is 1. The summed E-state index contributed by atoms with van der Waals surface area (Å²) >= 11 is 1.02. The number of carbonyl (C=O) groups is 2. The Morgan fingerprint density at radius 2 is 1.95 bits per heavy atom. The smallest absolute Gasteiger partial charge is 0.345 e. The van der Waals surface area contributed by atoms with E-state index in [0.29, 0.717) is 23.9 Å². The van der Waals surface area contributed by atoms with E-state index in [1.165, 1.54) is 6.07 Å². The summed E-state index contributed by atoms with van der Waals surface area (Å²) in [6, 6.07) is 3.06. The summed E-state index contributed by atoms with van der Waals surface area (Å²) in [4.78, 5) is 25.6. The molecule has 0 spiro atoms. The molecule has 21 heavy (non-hydrogen) atoms. The maximum atomic E-state index is 12.3. The molecule has 0 bridgehead atoms. The second-order valence-electron chi connectivity index (χ2n) is 5.31. The molecule has 0 radical (unpaired) electrons. The van der Waals surface area contributed by atoms with E-state index in [1.54, 1.807) is 11.0 Å². The summed E-state index contributed by atoms with van der Waals surface area (Å²) in [5.41, 5.74) is 0.800. The van der Waals surface area contributed by atoms with Gasteiger partial charge in [-0.2, -0.15) is 0 Å². The summed E-state index contributed by atoms with van der Waals surface area (Å²) in [5, 5.41) is 16.9. The van der Waals surface area contributed by atoms with Crippen LogP contribution in [0.25, 0.3) is 0 Å². The lowest BCUT2D eigenvalue weighted by Crippen LogP contribution is -2.39. The fourth-order valence-electron chi connectivity index (χ4n) is 2.63. The van der Waals surface area contributed by atoms with Crippen molar-refractivity contribution in [2.24, 2.45) is 5.92 Å². The lowest BCUT2D eigenvalue weighted by Gasteiger charge is -2.32. The molecular weight excluding hydrogens is 288 g/mol. The lowest BCUT2D eigenvalue weighted by molar-refractivity contribution is 0.0699. The van der Waals surface area contributed by atoms with Gasteiger partial charge in [0.25, 0.3) is 5.91 Å². The normalized spacial score (nSPS) is 16.0. The number of nitrogens with one attached hydrogen (secondary N) is 1. The van der Waals surface area contributed by atoms with Crippen molar-refractivity contribution >= 4 is 28.9 Å². The van der Waals surface area contributed by atoms with Crippen LogP contribution >= 0.6 is 11.3 Å². The number of hydrogen-bond donors (Lipinski definition) is 2. The number of carboxylic acids is 1. The molecule has 1 saturated heterocycles. The zero-order valence-electron chi connectivity index (χ0n) is 12.1. The van der Waals surface area contributed by atoms with Crippen LogP contribution in [0.5, 0.6) is 0 Å². The summed E-state index contributed by atoms with van der Waals surface area (Å²) in [5.74, 6) is -0.786. The van der Waals surface area contributed by atoms with E-state index < -0.39 is 5.97 Å². The van der Waals surface area contributed by atoms with E-state index in [1.807, 2.05) is 0 Å². The fraction of sp³-hybridized carbons (Fsp3) is 0.533. The van der Waals surface area contributed by atoms with Crippen molar-refractivity contribution in [3.8, 4) is 0 Å². The Morgan fingerprint density at radius 1 is 1.33 bits per heavy atom. The molecule has 1 aromatic heterocycles. The van der Waals surface area contributed by atoms with Gasteiger partial charge in [-0.3, -0.25) is 4.79 Å². The van der Waals surface area contributed by atoms with Crippen LogP contribution in [0.1, 0.15) is 52.0 Å². The minimum absolute atomic E-state index is 0.0898. The number of hydrogen-bond acceptors (Lipinski definition) is 4. The summed E-state index contributed by atoms with van der Waals surface area (Å²) in [6.07, 6.45) is 3.50. The van der Waals surface area contributed by atoms with Crippen LogP contribution in [-0.4, -0.2) is 40.7 Å². The largest absolute Gasteiger partial charge is 0.477 e. The molecular formula is C15H20N2O3S. The van der Waals surface area contributed by atoms with Gasteiger partial charge < -0.3 is 15.4 Å². The Bertz CT molecular complexity index is 545. The van der Waals surface area contributed by atoms with Crippen LogP contribution in [0.4, 0.5) is 0 Å². The van der Waals surface area contributed by atoms with E-state index in [2.05, 4.69) is 6.92 Å². The van der Waals surface area contributed by atoms with Gasteiger partial charge in [0.15, 0.2) is 0 Å².